The molecule has 0 amide bonds. The van der Waals surface area contributed by atoms with E-state index >= 15 is 0 Å². The van der Waals surface area contributed by atoms with Crippen LogP contribution in [-0.2, 0) is 9.53 Å². The molecule has 4 aromatic rings. The van der Waals surface area contributed by atoms with Crippen molar-refractivity contribution in [2.75, 3.05) is 13.4 Å². The summed E-state index contributed by atoms with van der Waals surface area (Å²) in [5.74, 6) is 1.38. The quantitative estimate of drug-likeness (QED) is 0.167. The van der Waals surface area contributed by atoms with Crippen LogP contribution in [0.25, 0.3) is 17.4 Å². The highest BCUT2D eigenvalue weighted by molar-refractivity contribution is 7.07. The molecule has 2 aromatic heterocycles. The predicted octanol–water partition coefficient (Wildman–Crippen LogP) is 4.48. The molecule has 12 heteroatoms. The van der Waals surface area contributed by atoms with E-state index in [0.717, 1.165) is 6.42 Å². The van der Waals surface area contributed by atoms with Gasteiger partial charge in [0.2, 0.25) is 6.79 Å². The van der Waals surface area contributed by atoms with E-state index in [4.69, 9.17) is 23.6 Å². The predicted molar refractivity (Wildman–Crippen MR) is 153 cm³/mol. The number of aromatic nitrogens is 1. The largest absolute Gasteiger partial charge is 0.463 e. The summed E-state index contributed by atoms with van der Waals surface area (Å²) in [5, 5.41) is 11.2. The summed E-state index contributed by atoms with van der Waals surface area (Å²) in [4.78, 5) is 43.2. The molecule has 0 saturated heterocycles. The number of furan rings is 1. The van der Waals surface area contributed by atoms with Gasteiger partial charge in [-0.15, -0.1) is 0 Å². The van der Waals surface area contributed by atoms with E-state index < -0.39 is 16.9 Å². The monoisotopic (exact) mass is 587 g/mol. The molecule has 2 aliphatic heterocycles. The zero-order valence-electron chi connectivity index (χ0n) is 22.7. The lowest BCUT2D eigenvalue weighted by Gasteiger charge is -2.25. The van der Waals surface area contributed by atoms with Gasteiger partial charge in [0.05, 0.1) is 33.4 Å². The van der Waals surface area contributed by atoms with Crippen LogP contribution < -0.4 is 24.4 Å². The fraction of sp³-hybridized carbons (Fsp3) is 0.233. The number of carbonyl (C=O) groups excluding carboxylic acids is 1. The molecule has 11 nitrogen and oxygen atoms in total. The molecule has 0 fully saturated rings. The molecule has 0 aliphatic carbocycles. The normalized spacial score (nSPS) is 15.9. The molecule has 1 unspecified atom stereocenters. The van der Waals surface area contributed by atoms with Crippen LogP contribution in [0.1, 0.15) is 44.1 Å². The van der Waals surface area contributed by atoms with E-state index in [-0.39, 0.29) is 24.6 Å². The van der Waals surface area contributed by atoms with E-state index in [1.807, 2.05) is 6.92 Å². The van der Waals surface area contributed by atoms with Gasteiger partial charge in [-0.25, -0.2) is 9.79 Å². The van der Waals surface area contributed by atoms with E-state index in [1.54, 1.807) is 55.5 Å². The van der Waals surface area contributed by atoms with Gasteiger partial charge in [0, 0.05) is 23.8 Å². The molecule has 4 heterocycles. The molecule has 0 spiro atoms. The Hall–Kier alpha value is -4.97. The highest BCUT2D eigenvalue weighted by atomic mass is 32.1. The smallest absolute Gasteiger partial charge is 0.338 e. The summed E-state index contributed by atoms with van der Waals surface area (Å²) >= 11 is 1.19. The standard InChI is InChI=1S/C30H25N3O8S/c1-3-6-21-26(29(35)38-4-2)27(18-9-11-23-24(14-18)40-16-39-23)32-28(34)25(42-30(32)31-21)15-20-10-12-22(41-20)17-7-5-8-19(13-17)33(36)37/h5,7-15,27H,3-4,6,16H2,1-2H3/b25-15-. The molecular formula is C30H25N3O8S. The molecule has 214 valence electrons. The second-order valence-electron chi connectivity index (χ2n) is 9.54. The van der Waals surface area contributed by atoms with Gasteiger partial charge in [-0.05, 0) is 43.2 Å². The van der Waals surface area contributed by atoms with Crippen molar-refractivity contribution in [1.29, 1.82) is 0 Å². The number of nitro groups is 1. The van der Waals surface area contributed by atoms with E-state index in [0.29, 0.717) is 61.2 Å². The molecule has 0 saturated carbocycles. The minimum Gasteiger partial charge on any atom is -0.463 e. The molecule has 0 radical (unpaired) electrons. The number of fused-ring (bicyclic) bond motifs is 2. The van der Waals surface area contributed by atoms with Gasteiger partial charge in [0.15, 0.2) is 16.3 Å². The van der Waals surface area contributed by atoms with Crippen molar-refractivity contribution < 1.29 is 28.3 Å². The zero-order valence-corrected chi connectivity index (χ0v) is 23.5. The average molecular weight is 588 g/mol. The molecule has 1 atom stereocenters. The Morgan fingerprint density at radius 1 is 1.17 bits per heavy atom. The van der Waals surface area contributed by atoms with Crippen molar-refractivity contribution >= 4 is 29.1 Å². The number of non-ortho nitro benzene ring substituents is 1. The summed E-state index contributed by atoms with van der Waals surface area (Å²) in [5.41, 5.74) is 1.66. The van der Waals surface area contributed by atoms with Crippen molar-refractivity contribution in [1.82, 2.24) is 4.57 Å². The molecular weight excluding hydrogens is 562 g/mol. The second-order valence-corrected chi connectivity index (χ2v) is 10.5. The Bertz CT molecular complexity index is 1930. The Morgan fingerprint density at radius 3 is 2.79 bits per heavy atom. The number of carbonyl (C=O) groups is 1. The van der Waals surface area contributed by atoms with Crippen LogP contribution in [0.5, 0.6) is 11.5 Å². The third-order valence-electron chi connectivity index (χ3n) is 6.85. The zero-order chi connectivity index (χ0) is 29.4. The van der Waals surface area contributed by atoms with Gasteiger partial charge in [0.25, 0.3) is 11.2 Å². The topological polar surface area (TPSA) is 135 Å². The van der Waals surface area contributed by atoms with Gasteiger partial charge < -0.3 is 18.6 Å². The SMILES string of the molecule is CCCC1=C(C(=O)OCC)C(c2ccc3c(c2)OCO3)n2c(s/c(=C\c3ccc(-c4cccc([N+](=O)[O-])c4)o3)c2=O)=N1. The number of thiazole rings is 1. The van der Waals surface area contributed by atoms with Crippen LogP contribution in [0.2, 0.25) is 0 Å². The van der Waals surface area contributed by atoms with Gasteiger partial charge in [-0.3, -0.25) is 19.5 Å². The minimum absolute atomic E-state index is 0.0532. The minimum atomic E-state index is -0.796. The molecule has 0 bridgehead atoms. The van der Waals surface area contributed by atoms with Gasteiger partial charge in [-0.2, -0.15) is 0 Å². The lowest BCUT2D eigenvalue weighted by molar-refractivity contribution is -0.384. The molecule has 0 N–H and O–H groups in total. The maximum Gasteiger partial charge on any atom is 0.338 e. The van der Waals surface area contributed by atoms with Crippen LogP contribution in [0, 0.1) is 10.1 Å². The third kappa shape index (κ3) is 4.90. The average Bonchev–Trinajstić information content (AvgIpc) is 3.72. The summed E-state index contributed by atoms with van der Waals surface area (Å²) in [6.45, 7) is 3.98. The summed E-state index contributed by atoms with van der Waals surface area (Å²) in [6, 6.07) is 14.0. The van der Waals surface area contributed by atoms with Gasteiger partial charge in [-0.1, -0.05) is 42.9 Å². The Balaban J connectivity index is 1.49. The Labute approximate surface area is 242 Å². The third-order valence-corrected chi connectivity index (χ3v) is 7.83. The Morgan fingerprint density at radius 2 is 2.00 bits per heavy atom. The van der Waals surface area contributed by atoms with Crippen molar-refractivity contribution in [2.45, 2.75) is 32.7 Å². The van der Waals surface area contributed by atoms with Crippen LogP contribution in [0.15, 0.2) is 80.1 Å². The maximum atomic E-state index is 14.0. The number of benzene rings is 2. The Kier molecular flexibility index (Phi) is 7.21. The number of nitrogens with zero attached hydrogens (tertiary/aromatic N) is 3. The summed E-state index contributed by atoms with van der Waals surface area (Å²) in [6.07, 6.45) is 2.86. The van der Waals surface area contributed by atoms with Crippen LogP contribution in [0.3, 0.4) is 0 Å². The van der Waals surface area contributed by atoms with E-state index in [2.05, 4.69) is 0 Å². The number of hydrogen-bond donors (Lipinski definition) is 0. The van der Waals surface area contributed by atoms with Crippen molar-refractivity contribution in [3.8, 4) is 22.8 Å². The first kappa shape index (κ1) is 27.2. The molecule has 2 aliphatic rings. The van der Waals surface area contributed by atoms with Gasteiger partial charge >= 0.3 is 5.97 Å². The highest BCUT2D eigenvalue weighted by Gasteiger charge is 2.35. The lowest BCUT2D eigenvalue weighted by atomic mass is 9.94. The maximum absolute atomic E-state index is 14.0. The lowest BCUT2D eigenvalue weighted by Crippen LogP contribution is -2.40. The number of nitro benzene ring substituents is 1. The number of hydrogen-bond acceptors (Lipinski definition) is 10. The summed E-state index contributed by atoms with van der Waals surface area (Å²) < 4.78 is 24.3. The molecule has 42 heavy (non-hydrogen) atoms. The molecule has 6 rings (SSSR count). The number of esters is 1. The first-order chi connectivity index (χ1) is 20.4. The van der Waals surface area contributed by atoms with Crippen LogP contribution >= 0.6 is 11.3 Å². The summed E-state index contributed by atoms with van der Waals surface area (Å²) in [7, 11) is 0. The second kappa shape index (κ2) is 11.1. The van der Waals surface area contributed by atoms with E-state index in [1.165, 1.54) is 28.0 Å². The van der Waals surface area contributed by atoms with E-state index in [9.17, 15) is 19.7 Å². The van der Waals surface area contributed by atoms with Crippen LogP contribution in [0.4, 0.5) is 5.69 Å². The number of allylic oxidation sites excluding steroid dienone is 1. The first-order valence-electron chi connectivity index (χ1n) is 13.3. The number of ether oxygens (including phenoxy) is 3. The fourth-order valence-electron chi connectivity index (χ4n) is 5.01. The fourth-order valence-corrected chi connectivity index (χ4v) is 6.01. The first-order valence-corrected chi connectivity index (χ1v) is 14.2. The van der Waals surface area contributed by atoms with Crippen molar-refractivity contribution in [3.63, 3.8) is 0 Å². The molecule has 2 aromatic carbocycles. The van der Waals surface area contributed by atoms with Crippen molar-refractivity contribution in [3.05, 3.63) is 107 Å². The van der Waals surface area contributed by atoms with Crippen LogP contribution in [-0.4, -0.2) is 28.9 Å². The number of rotatable bonds is 8. The van der Waals surface area contributed by atoms with Gasteiger partial charge in [0.1, 0.15) is 11.5 Å². The highest BCUT2D eigenvalue weighted by Crippen LogP contribution is 2.39. The van der Waals surface area contributed by atoms with Crippen molar-refractivity contribution in [2.24, 2.45) is 4.99 Å².